The third-order valence-corrected chi connectivity index (χ3v) is 4.82. The molecule has 1 atom stereocenters. The molecule has 1 unspecified atom stereocenters. The Bertz CT molecular complexity index is 553. The summed E-state index contributed by atoms with van der Waals surface area (Å²) in [5.41, 5.74) is 6.61. The van der Waals surface area contributed by atoms with Crippen molar-refractivity contribution in [2.24, 2.45) is 11.7 Å². The van der Waals surface area contributed by atoms with E-state index in [1.54, 1.807) is 19.9 Å². The molecule has 3 nitrogen and oxygen atoms in total. The molecule has 0 spiro atoms. The summed E-state index contributed by atoms with van der Waals surface area (Å²) in [6, 6.07) is 4.28. The number of nitrogens with two attached hydrogens (primary N) is 1. The fourth-order valence-corrected chi connectivity index (χ4v) is 3.24. The minimum Gasteiger partial charge on any atom is -0.330 e. The third kappa shape index (κ3) is 3.94. The maximum Gasteiger partial charge on any atom is 0.394 e. The van der Waals surface area contributed by atoms with E-state index < -0.39 is 34.2 Å². The second-order valence-corrected chi connectivity index (χ2v) is 6.54. The lowest BCUT2D eigenvalue weighted by Crippen LogP contribution is -2.36. The summed E-state index contributed by atoms with van der Waals surface area (Å²) in [4.78, 5) is -0.0988. The van der Waals surface area contributed by atoms with Gasteiger partial charge in [-0.15, -0.1) is 0 Å². The molecule has 1 aromatic rings. The largest absolute Gasteiger partial charge is 0.394 e. The molecule has 0 bridgehead atoms. The van der Waals surface area contributed by atoms with E-state index in [4.69, 9.17) is 5.73 Å². The van der Waals surface area contributed by atoms with Crippen LogP contribution in [0, 0.1) is 19.8 Å². The average Bonchev–Trinajstić information content (AvgIpc) is 2.28. The zero-order valence-electron chi connectivity index (χ0n) is 10.7. The van der Waals surface area contributed by atoms with Crippen molar-refractivity contribution >= 4 is 9.84 Å². The standard InChI is InChI=1S/C12H16F3NO2S/c1-8-3-4-11(5-9(8)2)19(17,18)7-10(6-16)12(13,14)15/h3-5,10H,6-7,16H2,1-2H3. The smallest absolute Gasteiger partial charge is 0.330 e. The highest BCUT2D eigenvalue weighted by atomic mass is 32.2. The van der Waals surface area contributed by atoms with Crippen molar-refractivity contribution in [1.29, 1.82) is 0 Å². The molecule has 108 valence electrons. The zero-order valence-corrected chi connectivity index (χ0v) is 11.5. The summed E-state index contributed by atoms with van der Waals surface area (Å²) < 4.78 is 61.6. The van der Waals surface area contributed by atoms with E-state index in [0.29, 0.717) is 0 Å². The van der Waals surface area contributed by atoms with Crippen molar-refractivity contribution in [2.45, 2.75) is 24.9 Å². The lowest BCUT2D eigenvalue weighted by molar-refractivity contribution is -0.165. The Morgan fingerprint density at radius 3 is 2.21 bits per heavy atom. The van der Waals surface area contributed by atoms with Crippen molar-refractivity contribution < 1.29 is 21.6 Å². The van der Waals surface area contributed by atoms with Gasteiger partial charge in [0, 0.05) is 6.54 Å². The molecule has 0 fully saturated rings. The Kier molecular flexibility index (Phi) is 4.63. The number of aryl methyl sites for hydroxylation is 2. The van der Waals surface area contributed by atoms with Gasteiger partial charge in [-0.1, -0.05) is 6.07 Å². The second kappa shape index (κ2) is 5.50. The number of alkyl halides is 3. The van der Waals surface area contributed by atoms with Crippen LogP contribution in [-0.2, 0) is 9.84 Å². The van der Waals surface area contributed by atoms with Crippen molar-refractivity contribution in [3.8, 4) is 0 Å². The Balaban J connectivity index is 3.07. The molecule has 0 aromatic heterocycles. The van der Waals surface area contributed by atoms with E-state index in [2.05, 4.69) is 0 Å². The highest BCUT2D eigenvalue weighted by molar-refractivity contribution is 7.91. The van der Waals surface area contributed by atoms with Crippen LogP contribution in [0.3, 0.4) is 0 Å². The Morgan fingerprint density at radius 2 is 1.79 bits per heavy atom. The molecular weight excluding hydrogens is 279 g/mol. The van der Waals surface area contributed by atoms with Crippen molar-refractivity contribution in [1.82, 2.24) is 0 Å². The minimum absolute atomic E-state index is 0.0988. The first-order valence-electron chi connectivity index (χ1n) is 5.64. The summed E-state index contributed by atoms with van der Waals surface area (Å²) in [7, 11) is -3.99. The molecule has 19 heavy (non-hydrogen) atoms. The SMILES string of the molecule is Cc1ccc(S(=O)(=O)CC(CN)C(F)(F)F)cc1C. The predicted octanol–water partition coefficient (Wildman–Crippen LogP) is 2.21. The van der Waals surface area contributed by atoms with E-state index in [0.717, 1.165) is 11.1 Å². The summed E-state index contributed by atoms with van der Waals surface area (Å²) in [5, 5.41) is 0. The first kappa shape index (κ1) is 16.0. The first-order chi connectivity index (χ1) is 8.58. The average molecular weight is 295 g/mol. The fraction of sp³-hybridized carbons (Fsp3) is 0.500. The van der Waals surface area contributed by atoms with Crippen LogP contribution in [0.5, 0.6) is 0 Å². The molecule has 1 rings (SSSR count). The molecule has 2 N–H and O–H groups in total. The van der Waals surface area contributed by atoms with E-state index in [9.17, 15) is 21.6 Å². The molecule has 0 saturated carbocycles. The number of halogens is 3. The van der Waals surface area contributed by atoms with Gasteiger partial charge in [0.15, 0.2) is 9.84 Å². The van der Waals surface area contributed by atoms with E-state index in [1.807, 2.05) is 0 Å². The number of hydrogen-bond donors (Lipinski definition) is 1. The highest BCUT2D eigenvalue weighted by Crippen LogP contribution is 2.28. The molecule has 0 heterocycles. The lowest BCUT2D eigenvalue weighted by Gasteiger charge is -2.18. The predicted molar refractivity (Wildman–Crippen MR) is 66.6 cm³/mol. The van der Waals surface area contributed by atoms with Gasteiger partial charge in [0.05, 0.1) is 16.6 Å². The monoisotopic (exact) mass is 295 g/mol. The lowest BCUT2D eigenvalue weighted by atomic mass is 10.1. The number of rotatable bonds is 4. The van der Waals surface area contributed by atoms with Crippen LogP contribution in [0.1, 0.15) is 11.1 Å². The number of benzene rings is 1. The molecule has 1 aromatic carbocycles. The maximum absolute atomic E-state index is 12.6. The molecule has 0 amide bonds. The molecule has 0 aliphatic heterocycles. The van der Waals surface area contributed by atoms with Gasteiger partial charge in [-0.3, -0.25) is 0 Å². The summed E-state index contributed by atoms with van der Waals surface area (Å²) in [6.45, 7) is 2.76. The number of hydrogen-bond acceptors (Lipinski definition) is 3. The van der Waals surface area contributed by atoms with E-state index in [1.165, 1.54) is 12.1 Å². The topological polar surface area (TPSA) is 60.2 Å². The summed E-state index contributed by atoms with van der Waals surface area (Å²) in [5.74, 6) is -3.06. The second-order valence-electron chi connectivity index (χ2n) is 4.50. The quantitative estimate of drug-likeness (QED) is 0.926. The normalized spacial score (nSPS) is 14.4. The Morgan fingerprint density at radius 1 is 1.21 bits per heavy atom. The van der Waals surface area contributed by atoms with Crippen LogP contribution in [0.15, 0.2) is 23.1 Å². The molecule has 0 saturated heterocycles. The zero-order chi connectivity index (χ0) is 14.8. The third-order valence-electron chi connectivity index (χ3n) is 3.01. The van der Waals surface area contributed by atoms with E-state index in [-0.39, 0.29) is 4.90 Å². The van der Waals surface area contributed by atoms with Gasteiger partial charge in [0.25, 0.3) is 0 Å². The van der Waals surface area contributed by atoms with Gasteiger partial charge < -0.3 is 5.73 Å². The van der Waals surface area contributed by atoms with Gasteiger partial charge in [-0.2, -0.15) is 13.2 Å². The van der Waals surface area contributed by atoms with Gasteiger partial charge >= 0.3 is 6.18 Å². The highest BCUT2D eigenvalue weighted by Gasteiger charge is 2.41. The molecule has 0 aliphatic rings. The molecule has 0 aliphatic carbocycles. The Hall–Kier alpha value is -1.08. The fourth-order valence-electron chi connectivity index (χ4n) is 1.56. The van der Waals surface area contributed by atoms with Gasteiger partial charge in [0.2, 0.25) is 0 Å². The van der Waals surface area contributed by atoms with Crippen molar-refractivity contribution in [3.05, 3.63) is 29.3 Å². The summed E-state index contributed by atoms with van der Waals surface area (Å²) in [6.07, 6.45) is -4.61. The molecular formula is C12H16F3NO2S. The number of sulfone groups is 1. The van der Waals surface area contributed by atoms with Gasteiger partial charge in [-0.05, 0) is 37.1 Å². The molecule has 0 radical (unpaired) electrons. The van der Waals surface area contributed by atoms with Crippen LogP contribution < -0.4 is 5.73 Å². The van der Waals surface area contributed by atoms with Crippen molar-refractivity contribution in [3.63, 3.8) is 0 Å². The van der Waals surface area contributed by atoms with Crippen LogP contribution in [0.25, 0.3) is 0 Å². The summed E-state index contributed by atoms with van der Waals surface area (Å²) >= 11 is 0. The van der Waals surface area contributed by atoms with Crippen molar-refractivity contribution in [2.75, 3.05) is 12.3 Å². The minimum atomic E-state index is -4.61. The van der Waals surface area contributed by atoms with Crippen LogP contribution in [-0.4, -0.2) is 26.9 Å². The van der Waals surface area contributed by atoms with Crippen LogP contribution >= 0.6 is 0 Å². The van der Waals surface area contributed by atoms with E-state index >= 15 is 0 Å². The Labute approximate surface area is 110 Å². The van der Waals surface area contributed by atoms with Crippen LogP contribution in [0.4, 0.5) is 13.2 Å². The maximum atomic E-state index is 12.6. The van der Waals surface area contributed by atoms with Crippen LogP contribution in [0.2, 0.25) is 0 Å². The first-order valence-corrected chi connectivity index (χ1v) is 7.30. The van der Waals surface area contributed by atoms with Gasteiger partial charge in [-0.25, -0.2) is 8.42 Å². The molecule has 7 heteroatoms. The van der Waals surface area contributed by atoms with Gasteiger partial charge in [0.1, 0.15) is 0 Å².